The highest BCUT2D eigenvalue weighted by atomic mass is 16.4. The van der Waals surface area contributed by atoms with Crippen LogP contribution in [-0.2, 0) is 9.59 Å². The molecular formula is C9H15NO3. The maximum absolute atomic E-state index is 11.0. The number of primary amides is 1. The molecule has 0 bridgehead atoms. The Balaban J connectivity index is 2.56. The third kappa shape index (κ3) is 1.99. The summed E-state index contributed by atoms with van der Waals surface area (Å²) in [6.07, 6.45) is 2.32. The maximum atomic E-state index is 11.0. The van der Waals surface area contributed by atoms with Crippen LogP contribution in [0.25, 0.3) is 0 Å². The van der Waals surface area contributed by atoms with Crippen LogP contribution >= 0.6 is 0 Å². The normalized spacial score (nSPS) is 34.1. The second-order valence-electron chi connectivity index (χ2n) is 4.04. The van der Waals surface area contributed by atoms with Crippen LogP contribution in [0.4, 0.5) is 0 Å². The third-order valence-electron chi connectivity index (χ3n) is 3.03. The fourth-order valence-electron chi connectivity index (χ4n) is 1.75. The van der Waals surface area contributed by atoms with Crippen LogP contribution in [0.5, 0.6) is 0 Å². The van der Waals surface area contributed by atoms with Crippen LogP contribution in [0.15, 0.2) is 0 Å². The fourth-order valence-corrected chi connectivity index (χ4v) is 1.75. The Hall–Kier alpha value is -1.06. The smallest absolute Gasteiger partial charge is 0.306 e. The van der Waals surface area contributed by atoms with Gasteiger partial charge >= 0.3 is 5.97 Å². The quantitative estimate of drug-likeness (QED) is 0.666. The molecule has 4 nitrogen and oxygen atoms in total. The van der Waals surface area contributed by atoms with E-state index in [2.05, 4.69) is 0 Å². The summed E-state index contributed by atoms with van der Waals surface area (Å²) in [4.78, 5) is 21.6. The Kier molecular flexibility index (Phi) is 2.59. The van der Waals surface area contributed by atoms with E-state index in [0.717, 1.165) is 0 Å². The molecule has 1 aliphatic carbocycles. The minimum atomic E-state index is -0.758. The van der Waals surface area contributed by atoms with E-state index in [1.807, 2.05) is 6.92 Å². The van der Waals surface area contributed by atoms with Gasteiger partial charge in [0, 0.05) is 5.41 Å². The molecule has 0 spiro atoms. The Labute approximate surface area is 77.1 Å². The molecule has 0 heterocycles. The number of aliphatic carboxylic acids is 1. The summed E-state index contributed by atoms with van der Waals surface area (Å²) in [5.74, 6) is -1.35. The van der Waals surface area contributed by atoms with Gasteiger partial charge in [0.1, 0.15) is 0 Å². The molecule has 0 unspecified atom stereocenters. The number of nitrogens with two attached hydrogens (primary N) is 1. The highest BCUT2D eigenvalue weighted by molar-refractivity contribution is 5.81. The van der Waals surface area contributed by atoms with Gasteiger partial charge < -0.3 is 10.8 Å². The van der Waals surface area contributed by atoms with Crippen LogP contribution in [0.3, 0.4) is 0 Å². The monoisotopic (exact) mass is 185 g/mol. The first-order chi connectivity index (χ1) is 5.96. The number of carbonyl (C=O) groups is 2. The predicted octanol–water partition coefficient (Wildman–Crippen LogP) is 0.753. The number of carboxylic acid groups (broad SMARTS) is 1. The Bertz CT molecular complexity index is 229. The molecule has 0 aromatic rings. The number of carboxylic acids is 1. The lowest BCUT2D eigenvalue weighted by Crippen LogP contribution is -2.38. The first kappa shape index (κ1) is 10.0. The van der Waals surface area contributed by atoms with Gasteiger partial charge in [0.2, 0.25) is 5.91 Å². The maximum Gasteiger partial charge on any atom is 0.306 e. The van der Waals surface area contributed by atoms with Gasteiger partial charge in [-0.05, 0) is 25.7 Å². The van der Waals surface area contributed by atoms with Crippen molar-refractivity contribution in [3.8, 4) is 0 Å². The lowest BCUT2D eigenvalue weighted by molar-refractivity contribution is -0.145. The van der Waals surface area contributed by atoms with E-state index in [9.17, 15) is 9.59 Å². The van der Waals surface area contributed by atoms with Crippen LogP contribution in [0, 0.1) is 11.3 Å². The van der Waals surface area contributed by atoms with Crippen molar-refractivity contribution in [1.82, 2.24) is 0 Å². The molecule has 1 saturated carbocycles. The van der Waals surface area contributed by atoms with Gasteiger partial charge in [0.25, 0.3) is 0 Å². The van der Waals surface area contributed by atoms with Crippen molar-refractivity contribution in [1.29, 1.82) is 0 Å². The molecule has 0 aromatic carbocycles. The largest absolute Gasteiger partial charge is 0.481 e. The second kappa shape index (κ2) is 3.36. The number of carbonyl (C=O) groups excluding carboxylic acids is 1. The molecule has 1 aliphatic rings. The summed E-state index contributed by atoms with van der Waals surface area (Å²) in [6.45, 7) is 1.81. The molecule has 0 radical (unpaired) electrons. The number of hydrogen-bond donors (Lipinski definition) is 2. The van der Waals surface area contributed by atoms with Crippen molar-refractivity contribution in [2.45, 2.75) is 32.6 Å². The minimum absolute atomic E-state index is 0.285. The van der Waals surface area contributed by atoms with E-state index in [0.29, 0.717) is 25.7 Å². The van der Waals surface area contributed by atoms with Crippen molar-refractivity contribution in [2.75, 3.05) is 0 Å². The summed E-state index contributed by atoms with van der Waals surface area (Å²) in [7, 11) is 0. The summed E-state index contributed by atoms with van der Waals surface area (Å²) in [5.41, 5.74) is 4.76. The van der Waals surface area contributed by atoms with Gasteiger partial charge in [-0.3, -0.25) is 9.59 Å². The third-order valence-corrected chi connectivity index (χ3v) is 3.03. The highest BCUT2D eigenvalue weighted by Crippen LogP contribution is 2.38. The molecule has 13 heavy (non-hydrogen) atoms. The Morgan fingerprint density at radius 1 is 1.38 bits per heavy atom. The van der Waals surface area contributed by atoms with Gasteiger partial charge in [-0.15, -0.1) is 0 Å². The molecule has 0 aromatic heterocycles. The Morgan fingerprint density at radius 3 is 2.15 bits per heavy atom. The number of hydrogen-bond acceptors (Lipinski definition) is 2. The molecule has 0 atom stereocenters. The minimum Gasteiger partial charge on any atom is -0.481 e. The van der Waals surface area contributed by atoms with E-state index in [1.54, 1.807) is 0 Å². The highest BCUT2D eigenvalue weighted by Gasteiger charge is 2.37. The first-order valence-electron chi connectivity index (χ1n) is 4.48. The van der Waals surface area contributed by atoms with Crippen LogP contribution in [0.1, 0.15) is 32.6 Å². The lowest BCUT2D eigenvalue weighted by Gasteiger charge is -2.32. The van der Waals surface area contributed by atoms with Crippen molar-refractivity contribution in [3.05, 3.63) is 0 Å². The molecule has 0 aliphatic heterocycles. The average molecular weight is 185 g/mol. The topological polar surface area (TPSA) is 80.4 Å². The van der Waals surface area contributed by atoms with Crippen molar-refractivity contribution < 1.29 is 14.7 Å². The van der Waals surface area contributed by atoms with E-state index >= 15 is 0 Å². The summed E-state index contributed by atoms with van der Waals surface area (Å²) >= 11 is 0. The Morgan fingerprint density at radius 2 is 1.85 bits per heavy atom. The fraction of sp³-hybridized carbons (Fsp3) is 0.778. The second-order valence-corrected chi connectivity index (χ2v) is 4.04. The molecule has 3 N–H and O–H groups in total. The molecule has 1 rings (SSSR count). The summed E-state index contributed by atoms with van der Waals surface area (Å²) < 4.78 is 0. The molecular weight excluding hydrogens is 170 g/mol. The van der Waals surface area contributed by atoms with Gasteiger partial charge in [-0.1, -0.05) is 6.92 Å². The SMILES string of the molecule is CC1(C(N)=O)CCC(C(=O)O)CC1. The number of amides is 1. The zero-order chi connectivity index (χ0) is 10.1. The van der Waals surface area contributed by atoms with Crippen LogP contribution in [0.2, 0.25) is 0 Å². The van der Waals surface area contributed by atoms with Gasteiger partial charge in [-0.25, -0.2) is 0 Å². The predicted molar refractivity (Wildman–Crippen MR) is 46.9 cm³/mol. The van der Waals surface area contributed by atoms with E-state index in [1.165, 1.54) is 0 Å². The summed E-state index contributed by atoms with van der Waals surface area (Å²) in [6, 6.07) is 0. The lowest BCUT2D eigenvalue weighted by atomic mass is 9.71. The van der Waals surface area contributed by atoms with Crippen LogP contribution in [-0.4, -0.2) is 17.0 Å². The molecule has 74 valence electrons. The van der Waals surface area contributed by atoms with Gasteiger partial charge in [0.05, 0.1) is 5.92 Å². The molecule has 4 heteroatoms. The standard InChI is InChI=1S/C9H15NO3/c1-9(8(10)13)4-2-6(3-5-9)7(11)12/h6H,2-5H2,1H3,(H2,10,13)(H,11,12). The first-order valence-corrected chi connectivity index (χ1v) is 4.48. The molecule has 1 amide bonds. The molecule has 0 saturated heterocycles. The number of rotatable bonds is 2. The van der Waals surface area contributed by atoms with E-state index in [4.69, 9.17) is 10.8 Å². The van der Waals surface area contributed by atoms with E-state index < -0.39 is 11.4 Å². The van der Waals surface area contributed by atoms with Crippen molar-refractivity contribution in [2.24, 2.45) is 17.1 Å². The zero-order valence-electron chi connectivity index (χ0n) is 7.75. The summed E-state index contributed by atoms with van der Waals surface area (Å²) in [5, 5.41) is 8.73. The van der Waals surface area contributed by atoms with Crippen molar-refractivity contribution in [3.63, 3.8) is 0 Å². The zero-order valence-corrected chi connectivity index (χ0v) is 7.75. The van der Waals surface area contributed by atoms with Crippen LogP contribution < -0.4 is 5.73 Å². The van der Waals surface area contributed by atoms with Gasteiger partial charge in [-0.2, -0.15) is 0 Å². The molecule has 1 fully saturated rings. The van der Waals surface area contributed by atoms with Gasteiger partial charge in [0.15, 0.2) is 0 Å². The van der Waals surface area contributed by atoms with E-state index in [-0.39, 0.29) is 11.8 Å². The van der Waals surface area contributed by atoms with Crippen molar-refractivity contribution >= 4 is 11.9 Å². The average Bonchev–Trinajstić information content (AvgIpc) is 2.04.